The molecular formula is C35H29N3OPS+. The van der Waals surface area contributed by atoms with Gasteiger partial charge in [-0.3, -0.25) is 4.79 Å². The van der Waals surface area contributed by atoms with E-state index in [0.29, 0.717) is 11.4 Å². The Bertz CT molecular complexity index is 1610. The minimum atomic E-state index is -2.42. The van der Waals surface area contributed by atoms with Crippen LogP contribution in [0.15, 0.2) is 157 Å². The third-order valence-electron chi connectivity index (χ3n) is 6.94. The predicted octanol–water partition coefficient (Wildman–Crippen LogP) is 6.18. The van der Waals surface area contributed by atoms with E-state index in [1.54, 1.807) is 11.8 Å². The van der Waals surface area contributed by atoms with Gasteiger partial charge in [-0.25, -0.2) is 4.98 Å². The molecule has 0 bridgehead atoms. The number of imidazole rings is 1. The van der Waals surface area contributed by atoms with Crippen molar-refractivity contribution in [3.05, 3.63) is 157 Å². The molecule has 0 unspecified atom stereocenters. The molecule has 1 heterocycles. The quantitative estimate of drug-likeness (QED) is 0.124. The van der Waals surface area contributed by atoms with E-state index in [1.165, 1.54) is 15.9 Å². The first-order valence-corrected chi connectivity index (χ1v) is 16.2. The Morgan fingerprint density at radius 1 is 0.634 bits per heavy atom. The standard InChI is InChI=1S/C35H28N3OPS/c39-33(28-18-8-2-9-19-28)36-26-41-35-34(37-32(38-35)27-16-6-1-7-17-27)40(29-20-10-3-11-21-29,30-22-12-4-13-23-30)31-24-14-5-15-25-31/h1-25H,26H2,(H-,36,37,38,39)/p+1. The molecule has 41 heavy (non-hydrogen) atoms. The average Bonchev–Trinajstić information content (AvgIpc) is 3.48. The van der Waals surface area contributed by atoms with Crippen LogP contribution in [0.25, 0.3) is 11.4 Å². The Labute approximate surface area is 245 Å². The number of carbonyl (C=O) groups is 1. The molecule has 0 spiro atoms. The maximum Gasteiger partial charge on any atom is 0.251 e. The lowest BCUT2D eigenvalue weighted by Crippen LogP contribution is -2.40. The zero-order valence-electron chi connectivity index (χ0n) is 22.4. The Kier molecular flexibility index (Phi) is 8.09. The zero-order valence-corrected chi connectivity index (χ0v) is 24.1. The van der Waals surface area contributed by atoms with Crippen LogP contribution >= 0.6 is 19.0 Å². The van der Waals surface area contributed by atoms with Gasteiger partial charge in [-0.2, -0.15) is 0 Å². The molecule has 6 aromatic rings. The van der Waals surface area contributed by atoms with E-state index < -0.39 is 7.26 Å². The molecule has 200 valence electrons. The molecule has 6 rings (SSSR count). The summed E-state index contributed by atoms with van der Waals surface area (Å²) in [5.41, 5.74) is 2.72. The Morgan fingerprint density at radius 3 is 1.56 bits per heavy atom. The number of aromatic nitrogens is 2. The van der Waals surface area contributed by atoms with Crippen LogP contribution < -0.4 is 26.7 Å². The number of rotatable bonds is 9. The number of amides is 1. The van der Waals surface area contributed by atoms with E-state index in [9.17, 15) is 4.79 Å². The van der Waals surface area contributed by atoms with Crippen molar-refractivity contribution in [3.63, 3.8) is 0 Å². The molecule has 2 N–H and O–H groups in total. The summed E-state index contributed by atoms with van der Waals surface area (Å²) < 4.78 is 0. The fraction of sp³-hybridized carbons (Fsp3) is 0.0286. The minimum absolute atomic E-state index is 0.103. The third kappa shape index (κ3) is 5.47. The minimum Gasteiger partial charge on any atom is -0.343 e. The van der Waals surface area contributed by atoms with Gasteiger partial charge in [0.15, 0.2) is 12.3 Å². The second kappa shape index (κ2) is 12.4. The van der Waals surface area contributed by atoms with Gasteiger partial charge in [-0.05, 0) is 48.5 Å². The van der Waals surface area contributed by atoms with Crippen LogP contribution in [0.3, 0.4) is 0 Å². The number of benzene rings is 5. The Balaban J connectivity index is 1.53. The molecule has 0 aliphatic rings. The van der Waals surface area contributed by atoms with Gasteiger partial charge >= 0.3 is 0 Å². The average molecular weight is 571 g/mol. The summed E-state index contributed by atoms with van der Waals surface area (Å²) in [6.45, 7) is 0. The van der Waals surface area contributed by atoms with Crippen molar-refractivity contribution in [1.82, 2.24) is 15.3 Å². The molecule has 0 fully saturated rings. The fourth-order valence-electron chi connectivity index (χ4n) is 5.06. The number of nitrogens with zero attached hydrogens (tertiary/aromatic N) is 1. The molecule has 0 aliphatic carbocycles. The Hall–Kier alpha value is -4.44. The second-order valence-corrected chi connectivity index (χ2v) is 13.7. The Morgan fingerprint density at radius 2 is 1.07 bits per heavy atom. The summed E-state index contributed by atoms with van der Waals surface area (Å²) in [4.78, 5) is 21.8. The van der Waals surface area contributed by atoms with Gasteiger partial charge in [0.2, 0.25) is 5.44 Å². The number of hydrogen-bond donors (Lipinski definition) is 2. The molecule has 1 aromatic heterocycles. The van der Waals surface area contributed by atoms with Crippen molar-refractivity contribution < 1.29 is 4.79 Å². The first-order valence-electron chi connectivity index (χ1n) is 13.4. The molecule has 4 nitrogen and oxygen atoms in total. The van der Waals surface area contributed by atoms with Crippen LogP contribution in [-0.4, -0.2) is 21.8 Å². The van der Waals surface area contributed by atoms with Gasteiger partial charge in [-0.15, -0.1) is 0 Å². The molecular weight excluding hydrogens is 541 g/mol. The number of hydrogen-bond acceptors (Lipinski definition) is 3. The third-order valence-corrected chi connectivity index (χ3v) is 12.2. The van der Waals surface area contributed by atoms with E-state index in [4.69, 9.17) is 4.98 Å². The first kappa shape index (κ1) is 26.8. The van der Waals surface area contributed by atoms with Crippen LogP contribution in [0.4, 0.5) is 0 Å². The highest BCUT2D eigenvalue weighted by Gasteiger charge is 2.51. The van der Waals surface area contributed by atoms with E-state index in [2.05, 4.69) is 113 Å². The van der Waals surface area contributed by atoms with Gasteiger partial charge in [0.25, 0.3) is 5.91 Å². The number of H-pyrrole nitrogens is 1. The number of nitrogens with one attached hydrogen (secondary N) is 2. The van der Waals surface area contributed by atoms with Gasteiger partial charge in [-0.1, -0.05) is 115 Å². The summed E-state index contributed by atoms with van der Waals surface area (Å²) in [7, 11) is -2.42. The monoisotopic (exact) mass is 570 g/mol. The topological polar surface area (TPSA) is 57.8 Å². The lowest BCUT2D eigenvalue weighted by atomic mass is 10.2. The lowest BCUT2D eigenvalue weighted by Gasteiger charge is -2.26. The van der Waals surface area contributed by atoms with Crippen molar-refractivity contribution >= 4 is 46.3 Å². The highest BCUT2D eigenvalue weighted by Crippen LogP contribution is 2.55. The summed E-state index contributed by atoms with van der Waals surface area (Å²) >= 11 is 1.55. The molecule has 1 amide bonds. The van der Waals surface area contributed by atoms with E-state index >= 15 is 0 Å². The van der Waals surface area contributed by atoms with Crippen molar-refractivity contribution in [2.24, 2.45) is 0 Å². The van der Waals surface area contributed by atoms with E-state index in [1.807, 2.05) is 48.5 Å². The number of thioether (sulfide) groups is 1. The molecule has 0 atom stereocenters. The van der Waals surface area contributed by atoms with Crippen molar-refractivity contribution in [3.8, 4) is 11.4 Å². The zero-order chi connectivity index (χ0) is 27.9. The highest BCUT2D eigenvalue weighted by atomic mass is 32.2. The lowest BCUT2D eigenvalue weighted by molar-refractivity contribution is 0.0961. The number of aromatic amines is 1. The molecule has 6 heteroatoms. The smallest absolute Gasteiger partial charge is 0.251 e. The van der Waals surface area contributed by atoms with E-state index in [0.717, 1.165) is 21.8 Å². The van der Waals surface area contributed by atoms with Crippen molar-refractivity contribution in [1.29, 1.82) is 0 Å². The SMILES string of the molecule is O=C(NCSc1nc(-c2ccccc2)[nH]c1[P+](c1ccccc1)(c1ccccc1)c1ccccc1)c1ccccc1. The van der Waals surface area contributed by atoms with Crippen LogP contribution in [0.5, 0.6) is 0 Å². The molecule has 0 saturated carbocycles. The largest absolute Gasteiger partial charge is 0.343 e. The van der Waals surface area contributed by atoms with Crippen LogP contribution in [0.1, 0.15) is 10.4 Å². The molecule has 0 aliphatic heterocycles. The molecule has 0 radical (unpaired) electrons. The highest BCUT2D eigenvalue weighted by molar-refractivity contribution is 8.04. The van der Waals surface area contributed by atoms with Gasteiger partial charge < -0.3 is 10.3 Å². The second-order valence-electron chi connectivity index (χ2n) is 9.44. The van der Waals surface area contributed by atoms with Crippen molar-refractivity contribution in [2.75, 3.05) is 5.88 Å². The van der Waals surface area contributed by atoms with Crippen molar-refractivity contribution in [2.45, 2.75) is 5.03 Å². The summed E-state index contributed by atoms with van der Waals surface area (Å²) in [5, 5.41) is 7.65. The van der Waals surface area contributed by atoms with Crippen LogP contribution in [0, 0.1) is 0 Å². The van der Waals surface area contributed by atoms with Gasteiger partial charge in [0.05, 0.1) is 5.88 Å². The predicted molar refractivity (Wildman–Crippen MR) is 173 cm³/mol. The maximum absolute atomic E-state index is 12.9. The summed E-state index contributed by atoms with van der Waals surface area (Å²) in [6.07, 6.45) is 0. The van der Waals surface area contributed by atoms with Gasteiger partial charge in [0, 0.05) is 11.1 Å². The molecule has 0 saturated heterocycles. The summed E-state index contributed by atoms with van der Waals surface area (Å²) in [6, 6.07) is 51.7. The maximum atomic E-state index is 12.9. The molecule has 5 aromatic carbocycles. The normalized spacial score (nSPS) is 11.2. The van der Waals surface area contributed by atoms with E-state index in [-0.39, 0.29) is 5.91 Å². The first-order chi connectivity index (χ1) is 20.3. The number of carbonyl (C=O) groups excluding carboxylic acids is 1. The summed E-state index contributed by atoms with van der Waals surface area (Å²) in [5.74, 6) is 1.09. The van der Waals surface area contributed by atoms with Crippen LogP contribution in [0.2, 0.25) is 0 Å². The fourth-order valence-corrected chi connectivity index (χ4v) is 10.5. The van der Waals surface area contributed by atoms with Crippen LogP contribution in [-0.2, 0) is 0 Å². The van der Waals surface area contributed by atoms with Gasteiger partial charge in [0.1, 0.15) is 21.7 Å².